The van der Waals surface area contributed by atoms with Crippen molar-refractivity contribution in [3.05, 3.63) is 94.8 Å². The molecular weight excluding hydrogens is 446 g/mol. The van der Waals surface area contributed by atoms with E-state index >= 15 is 0 Å². The molecule has 0 bridgehead atoms. The minimum atomic E-state index is -0.239. The van der Waals surface area contributed by atoms with Gasteiger partial charge in [-0.25, -0.2) is 4.98 Å². The van der Waals surface area contributed by atoms with E-state index in [0.717, 1.165) is 46.7 Å². The zero-order valence-electron chi connectivity index (χ0n) is 22.3. The van der Waals surface area contributed by atoms with E-state index < -0.39 is 0 Å². The van der Waals surface area contributed by atoms with Crippen LogP contribution in [0.4, 0.5) is 0 Å². The zero-order valence-corrected chi connectivity index (χ0v) is 22.3. The van der Waals surface area contributed by atoms with Crippen LogP contribution in [0.15, 0.2) is 66.7 Å². The number of carbonyl (C=O) groups excluding carboxylic acids is 1. The number of aryl methyl sites for hydroxylation is 3. The van der Waals surface area contributed by atoms with Crippen LogP contribution in [0.1, 0.15) is 73.0 Å². The lowest BCUT2D eigenvalue weighted by molar-refractivity contribution is 0.0937. The molecule has 0 fully saturated rings. The Morgan fingerprint density at radius 1 is 1.03 bits per heavy atom. The Hall–Kier alpha value is -3.60. The molecule has 36 heavy (non-hydrogen) atoms. The van der Waals surface area contributed by atoms with Gasteiger partial charge in [0.2, 0.25) is 0 Å². The molecule has 1 unspecified atom stereocenters. The second kappa shape index (κ2) is 10.6. The maximum absolute atomic E-state index is 13.0. The zero-order chi connectivity index (χ0) is 25.9. The van der Waals surface area contributed by atoms with Crippen LogP contribution < -0.4 is 10.1 Å². The Balaban J connectivity index is 1.45. The van der Waals surface area contributed by atoms with Crippen molar-refractivity contribution >= 4 is 16.9 Å². The van der Waals surface area contributed by atoms with Gasteiger partial charge in [0.05, 0.1) is 23.7 Å². The van der Waals surface area contributed by atoms with Crippen LogP contribution in [0, 0.1) is 13.8 Å². The van der Waals surface area contributed by atoms with E-state index in [1.165, 1.54) is 5.56 Å². The van der Waals surface area contributed by atoms with Crippen molar-refractivity contribution in [3.8, 4) is 5.75 Å². The lowest BCUT2D eigenvalue weighted by Gasteiger charge is -2.19. The number of carbonyl (C=O) groups is 1. The molecule has 0 aliphatic heterocycles. The lowest BCUT2D eigenvalue weighted by atomic mass is 9.87. The molecular formula is C31H37N3O2. The summed E-state index contributed by atoms with van der Waals surface area (Å²) in [6.45, 7) is 14.0. The van der Waals surface area contributed by atoms with E-state index in [2.05, 4.69) is 48.9 Å². The van der Waals surface area contributed by atoms with E-state index in [0.29, 0.717) is 12.2 Å². The van der Waals surface area contributed by atoms with E-state index in [1.807, 2.05) is 69.3 Å². The highest BCUT2D eigenvalue weighted by Crippen LogP contribution is 2.25. The molecule has 1 N–H and O–H groups in total. The van der Waals surface area contributed by atoms with Crippen LogP contribution in [0.5, 0.6) is 5.75 Å². The molecule has 1 atom stereocenters. The summed E-state index contributed by atoms with van der Waals surface area (Å²) in [6, 6.07) is 22.1. The number of fused-ring (bicyclic) bond motifs is 1. The lowest BCUT2D eigenvalue weighted by Crippen LogP contribution is -2.29. The number of amides is 1. The number of benzene rings is 3. The average Bonchev–Trinajstić information content (AvgIpc) is 3.20. The van der Waals surface area contributed by atoms with Crippen LogP contribution in [0.2, 0.25) is 0 Å². The maximum atomic E-state index is 13.0. The monoisotopic (exact) mass is 483 g/mol. The van der Waals surface area contributed by atoms with Gasteiger partial charge in [-0.3, -0.25) is 4.79 Å². The molecule has 0 radical (unpaired) electrons. The van der Waals surface area contributed by atoms with Crippen molar-refractivity contribution in [3.63, 3.8) is 0 Å². The third-order valence-electron chi connectivity index (χ3n) is 6.56. The summed E-state index contributed by atoms with van der Waals surface area (Å²) in [7, 11) is 0. The summed E-state index contributed by atoms with van der Waals surface area (Å²) in [6.07, 6.45) is 0.826. The van der Waals surface area contributed by atoms with E-state index in [9.17, 15) is 4.79 Å². The van der Waals surface area contributed by atoms with Crippen molar-refractivity contribution in [2.75, 3.05) is 6.61 Å². The van der Waals surface area contributed by atoms with Gasteiger partial charge in [0.1, 0.15) is 11.6 Å². The number of nitrogens with zero attached hydrogens (tertiary/aromatic N) is 2. The Morgan fingerprint density at radius 2 is 1.75 bits per heavy atom. The second-order valence-electron chi connectivity index (χ2n) is 10.6. The third kappa shape index (κ3) is 5.78. The molecule has 0 aliphatic rings. The van der Waals surface area contributed by atoms with Crippen LogP contribution in [-0.4, -0.2) is 22.1 Å². The SMILES string of the molecule is Cc1ccc(C(=O)NC(C)c2nc3ccccc3n2CCCOc2ccc(C(C)(C)C)cc2)c(C)c1. The maximum Gasteiger partial charge on any atom is 0.252 e. The van der Waals surface area contributed by atoms with Gasteiger partial charge in [0.15, 0.2) is 0 Å². The first kappa shape index (κ1) is 25.5. The van der Waals surface area contributed by atoms with Gasteiger partial charge < -0.3 is 14.6 Å². The third-order valence-corrected chi connectivity index (χ3v) is 6.56. The quantitative estimate of drug-likeness (QED) is 0.277. The molecule has 1 amide bonds. The number of hydrogen-bond acceptors (Lipinski definition) is 3. The molecule has 0 spiro atoms. The average molecular weight is 484 g/mol. The number of nitrogens with one attached hydrogen (secondary N) is 1. The van der Waals surface area contributed by atoms with Gasteiger partial charge in [-0.15, -0.1) is 0 Å². The van der Waals surface area contributed by atoms with Crippen molar-refractivity contribution in [1.82, 2.24) is 14.9 Å². The standard InChI is InChI=1S/C31H37N3O2/c1-21-12-17-26(22(2)20-21)30(35)32-23(3)29-33-27-10-7-8-11-28(27)34(29)18-9-19-36-25-15-13-24(14-16-25)31(4,5)6/h7-8,10-17,20,23H,9,18-19H2,1-6H3,(H,32,35). The highest BCUT2D eigenvalue weighted by Gasteiger charge is 2.20. The molecule has 3 aromatic carbocycles. The molecule has 0 saturated heterocycles. The molecule has 0 saturated carbocycles. The van der Waals surface area contributed by atoms with E-state index in [1.54, 1.807) is 0 Å². The summed E-state index contributed by atoms with van der Waals surface area (Å²) >= 11 is 0. The smallest absolute Gasteiger partial charge is 0.252 e. The molecule has 5 heteroatoms. The fourth-order valence-corrected chi connectivity index (χ4v) is 4.53. The number of rotatable bonds is 8. The minimum absolute atomic E-state index is 0.0827. The predicted molar refractivity (Wildman–Crippen MR) is 147 cm³/mol. The van der Waals surface area contributed by atoms with Gasteiger partial charge in [-0.05, 0) is 74.1 Å². The predicted octanol–water partition coefficient (Wildman–Crippen LogP) is 6.91. The van der Waals surface area contributed by atoms with E-state index in [-0.39, 0.29) is 17.4 Å². The summed E-state index contributed by atoms with van der Waals surface area (Å²) in [5.74, 6) is 1.65. The second-order valence-corrected chi connectivity index (χ2v) is 10.6. The fourth-order valence-electron chi connectivity index (χ4n) is 4.53. The van der Waals surface area contributed by atoms with E-state index in [4.69, 9.17) is 9.72 Å². The van der Waals surface area contributed by atoms with Crippen molar-refractivity contribution in [1.29, 1.82) is 0 Å². The fraction of sp³-hybridized carbons (Fsp3) is 0.355. The molecule has 188 valence electrons. The van der Waals surface area contributed by atoms with Crippen LogP contribution in [-0.2, 0) is 12.0 Å². The molecule has 1 heterocycles. The molecule has 0 aliphatic carbocycles. The highest BCUT2D eigenvalue weighted by atomic mass is 16.5. The van der Waals surface area contributed by atoms with Gasteiger partial charge in [0.25, 0.3) is 5.91 Å². The summed E-state index contributed by atoms with van der Waals surface area (Å²) in [4.78, 5) is 17.9. The van der Waals surface area contributed by atoms with Crippen LogP contribution in [0.3, 0.4) is 0 Å². The number of imidazole rings is 1. The number of ether oxygens (including phenoxy) is 1. The van der Waals surface area contributed by atoms with Gasteiger partial charge in [-0.1, -0.05) is 62.7 Å². The number of para-hydroxylation sites is 2. The van der Waals surface area contributed by atoms with Crippen molar-refractivity contribution in [2.45, 2.75) is 66.0 Å². The number of aromatic nitrogens is 2. The first-order valence-corrected chi connectivity index (χ1v) is 12.7. The summed E-state index contributed by atoms with van der Waals surface area (Å²) in [5.41, 5.74) is 6.23. The number of hydrogen-bond donors (Lipinski definition) is 1. The van der Waals surface area contributed by atoms with Gasteiger partial charge >= 0.3 is 0 Å². The summed E-state index contributed by atoms with van der Waals surface area (Å²) in [5, 5.41) is 3.15. The molecule has 1 aromatic heterocycles. The van der Waals surface area contributed by atoms with Crippen molar-refractivity contribution < 1.29 is 9.53 Å². The topological polar surface area (TPSA) is 56.2 Å². The minimum Gasteiger partial charge on any atom is -0.494 e. The Morgan fingerprint density at radius 3 is 2.44 bits per heavy atom. The molecule has 5 nitrogen and oxygen atoms in total. The summed E-state index contributed by atoms with van der Waals surface area (Å²) < 4.78 is 8.23. The van der Waals surface area contributed by atoms with Crippen LogP contribution >= 0.6 is 0 Å². The van der Waals surface area contributed by atoms with Gasteiger partial charge in [-0.2, -0.15) is 0 Å². The Labute approximate surface area is 214 Å². The Kier molecular flexibility index (Phi) is 7.48. The first-order valence-electron chi connectivity index (χ1n) is 12.7. The molecule has 4 rings (SSSR count). The Bertz CT molecular complexity index is 1350. The largest absolute Gasteiger partial charge is 0.494 e. The van der Waals surface area contributed by atoms with Crippen LogP contribution in [0.25, 0.3) is 11.0 Å². The molecule has 4 aromatic rings. The first-order chi connectivity index (χ1) is 17.1. The van der Waals surface area contributed by atoms with Gasteiger partial charge in [0, 0.05) is 12.1 Å². The normalized spacial score (nSPS) is 12.5. The van der Waals surface area contributed by atoms with Crippen molar-refractivity contribution in [2.24, 2.45) is 0 Å². The highest BCUT2D eigenvalue weighted by molar-refractivity contribution is 5.96.